The Morgan fingerprint density at radius 3 is 2.67 bits per heavy atom. The Balaban J connectivity index is 1.72. The zero-order valence-electron chi connectivity index (χ0n) is 14.9. The number of para-hydroxylation sites is 1. The summed E-state index contributed by atoms with van der Waals surface area (Å²) in [4.78, 5) is 36.4. The fourth-order valence-electron chi connectivity index (χ4n) is 2.87. The molecule has 148 valence electrons. The van der Waals surface area contributed by atoms with Crippen molar-refractivity contribution in [2.24, 2.45) is 5.73 Å². The second kappa shape index (κ2) is 9.31. The lowest BCUT2D eigenvalue weighted by Gasteiger charge is -2.22. The lowest BCUT2D eigenvalue weighted by atomic mass is 10.0. The van der Waals surface area contributed by atoms with Gasteiger partial charge in [0.25, 0.3) is 0 Å². The quantitative estimate of drug-likeness (QED) is 0.509. The number of amides is 3. The van der Waals surface area contributed by atoms with Crippen LogP contribution in [0, 0.1) is 0 Å². The van der Waals surface area contributed by atoms with Crippen LogP contribution in [0.3, 0.4) is 0 Å². The summed E-state index contributed by atoms with van der Waals surface area (Å²) in [6.07, 6.45) is 0.263. The number of nitrogens with zero attached hydrogens (tertiary/aromatic N) is 1. The third-order valence-corrected chi connectivity index (χ3v) is 4.32. The summed E-state index contributed by atoms with van der Waals surface area (Å²) in [6, 6.07) is 8.03. The molecule has 2 atom stereocenters. The number of hydrogen-bond donors (Lipinski definition) is 3. The largest absolute Gasteiger partial charge is 0.494 e. The second-order valence-corrected chi connectivity index (χ2v) is 6.49. The van der Waals surface area contributed by atoms with Gasteiger partial charge in [0.05, 0.1) is 26.3 Å². The van der Waals surface area contributed by atoms with Crippen LogP contribution in [0.25, 0.3) is 0 Å². The first-order valence-corrected chi connectivity index (χ1v) is 8.68. The first kappa shape index (κ1) is 20.6. The number of aliphatic hydroxyl groups excluding tert-OH is 1. The third-order valence-electron chi connectivity index (χ3n) is 4.32. The van der Waals surface area contributed by atoms with E-state index in [-0.39, 0.29) is 25.3 Å². The fourth-order valence-corrected chi connectivity index (χ4v) is 2.87. The minimum Gasteiger partial charge on any atom is -0.494 e. The summed E-state index contributed by atoms with van der Waals surface area (Å²) in [5.41, 5.74) is 3.14. The molecule has 0 spiro atoms. The molecule has 1 aliphatic heterocycles. The standard InChI is InChI=1S/C18H24FN3O5/c19-18(12-23)9-14(17(20)26)22(11-18)16(25)10-21-15(24)7-4-8-27-13-5-2-1-3-6-13/h1-3,5-6,14,23H,4,7-12H2,(H2,20,26)(H,21,24). The SMILES string of the molecule is NC(=O)C1CC(F)(CO)CN1C(=O)CNC(=O)CCCOc1ccccc1. The Labute approximate surface area is 156 Å². The van der Waals surface area contributed by atoms with Gasteiger partial charge in [0.15, 0.2) is 5.67 Å². The van der Waals surface area contributed by atoms with Crippen LogP contribution in [0.15, 0.2) is 30.3 Å². The number of carbonyl (C=O) groups is 3. The number of alkyl halides is 1. The molecule has 3 amide bonds. The molecule has 4 N–H and O–H groups in total. The minimum absolute atomic E-state index is 0.156. The van der Waals surface area contributed by atoms with E-state index < -0.39 is 36.7 Å². The Morgan fingerprint density at radius 2 is 2.04 bits per heavy atom. The molecule has 1 fully saturated rings. The molecular weight excluding hydrogens is 357 g/mol. The molecular formula is C18H24FN3O5. The highest BCUT2D eigenvalue weighted by Gasteiger charge is 2.48. The van der Waals surface area contributed by atoms with Crippen molar-refractivity contribution in [1.29, 1.82) is 0 Å². The summed E-state index contributed by atoms with van der Waals surface area (Å²) < 4.78 is 19.7. The number of halogens is 1. The van der Waals surface area contributed by atoms with Crippen LogP contribution in [0.1, 0.15) is 19.3 Å². The number of likely N-dealkylation sites (tertiary alicyclic amines) is 1. The normalized spacial score (nSPS) is 21.7. The molecule has 8 nitrogen and oxygen atoms in total. The number of benzene rings is 1. The molecule has 0 aromatic heterocycles. The van der Waals surface area contributed by atoms with Crippen LogP contribution in [-0.4, -0.2) is 65.7 Å². The van der Waals surface area contributed by atoms with Crippen molar-refractivity contribution in [2.45, 2.75) is 31.0 Å². The van der Waals surface area contributed by atoms with Crippen molar-refractivity contribution in [3.63, 3.8) is 0 Å². The monoisotopic (exact) mass is 381 g/mol. The fraction of sp³-hybridized carbons (Fsp3) is 0.500. The highest BCUT2D eigenvalue weighted by molar-refractivity contribution is 5.90. The number of ether oxygens (including phenoxy) is 1. The zero-order chi connectivity index (χ0) is 19.9. The molecule has 2 unspecified atom stereocenters. The molecule has 27 heavy (non-hydrogen) atoms. The average Bonchev–Trinajstić information content (AvgIpc) is 3.03. The zero-order valence-corrected chi connectivity index (χ0v) is 14.9. The van der Waals surface area contributed by atoms with Crippen LogP contribution in [0.2, 0.25) is 0 Å². The third kappa shape index (κ3) is 5.92. The van der Waals surface area contributed by atoms with E-state index in [1.165, 1.54) is 0 Å². The van der Waals surface area contributed by atoms with E-state index in [2.05, 4.69) is 5.32 Å². The second-order valence-electron chi connectivity index (χ2n) is 6.49. The molecule has 0 aliphatic carbocycles. The maximum atomic E-state index is 14.3. The van der Waals surface area contributed by atoms with Crippen LogP contribution < -0.4 is 15.8 Å². The van der Waals surface area contributed by atoms with Gasteiger partial charge in [0.1, 0.15) is 11.8 Å². The molecule has 1 aliphatic rings. The topological polar surface area (TPSA) is 122 Å². The van der Waals surface area contributed by atoms with Gasteiger partial charge in [0, 0.05) is 12.8 Å². The van der Waals surface area contributed by atoms with Crippen molar-refractivity contribution in [3.8, 4) is 5.75 Å². The highest BCUT2D eigenvalue weighted by atomic mass is 19.1. The molecule has 1 heterocycles. The maximum absolute atomic E-state index is 14.3. The van der Waals surface area contributed by atoms with Crippen LogP contribution >= 0.6 is 0 Å². The van der Waals surface area contributed by atoms with Gasteiger partial charge in [-0.1, -0.05) is 18.2 Å². The number of primary amides is 1. The summed E-state index contributed by atoms with van der Waals surface area (Å²) in [5.74, 6) is -1.12. The lowest BCUT2D eigenvalue weighted by Crippen LogP contribution is -2.47. The van der Waals surface area contributed by atoms with E-state index in [9.17, 15) is 18.8 Å². The molecule has 0 radical (unpaired) electrons. The number of carbonyl (C=O) groups excluding carboxylic acids is 3. The van der Waals surface area contributed by atoms with Crippen molar-refractivity contribution in [1.82, 2.24) is 10.2 Å². The van der Waals surface area contributed by atoms with E-state index >= 15 is 0 Å². The summed E-state index contributed by atoms with van der Waals surface area (Å²) >= 11 is 0. The predicted molar refractivity (Wildman–Crippen MR) is 94.4 cm³/mol. The van der Waals surface area contributed by atoms with Crippen molar-refractivity contribution in [2.75, 3.05) is 26.3 Å². The molecule has 0 bridgehead atoms. The van der Waals surface area contributed by atoms with Gasteiger partial charge < -0.3 is 25.8 Å². The molecule has 2 rings (SSSR count). The number of hydrogen-bond acceptors (Lipinski definition) is 5. The van der Waals surface area contributed by atoms with Crippen molar-refractivity contribution < 1.29 is 28.6 Å². The highest BCUT2D eigenvalue weighted by Crippen LogP contribution is 2.30. The summed E-state index contributed by atoms with van der Waals surface area (Å²) in [5, 5.41) is 11.5. The van der Waals surface area contributed by atoms with Gasteiger partial charge in [-0.05, 0) is 18.6 Å². The number of nitrogens with two attached hydrogens (primary N) is 1. The Hall–Kier alpha value is -2.68. The molecule has 1 aromatic rings. The average molecular weight is 381 g/mol. The van der Waals surface area contributed by atoms with E-state index in [1.54, 1.807) is 12.1 Å². The van der Waals surface area contributed by atoms with Gasteiger partial charge in [-0.3, -0.25) is 14.4 Å². The predicted octanol–water partition coefficient (Wildman–Crippen LogP) is -0.251. The van der Waals surface area contributed by atoms with E-state index in [0.717, 1.165) is 4.90 Å². The van der Waals surface area contributed by atoms with E-state index in [0.29, 0.717) is 18.8 Å². The van der Waals surface area contributed by atoms with E-state index in [1.807, 2.05) is 18.2 Å². The van der Waals surface area contributed by atoms with Gasteiger partial charge in [0.2, 0.25) is 17.7 Å². The van der Waals surface area contributed by atoms with Crippen LogP contribution in [-0.2, 0) is 14.4 Å². The minimum atomic E-state index is -2.06. The molecule has 9 heteroatoms. The maximum Gasteiger partial charge on any atom is 0.242 e. The number of rotatable bonds is 9. The van der Waals surface area contributed by atoms with Gasteiger partial charge in [-0.15, -0.1) is 0 Å². The smallest absolute Gasteiger partial charge is 0.242 e. The van der Waals surface area contributed by atoms with E-state index in [4.69, 9.17) is 15.6 Å². The Morgan fingerprint density at radius 1 is 1.33 bits per heavy atom. The van der Waals surface area contributed by atoms with Gasteiger partial charge in [-0.25, -0.2) is 4.39 Å². The van der Waals surface area contributed by atoms with Gasteiger partial charge >= 0.3 is 0 Å². The van der Waals surface area contributed by atoms with Crippen LogP contribution in [0.5, 0.6) is 5.75 Å². The Kier molecular flexibility index (Phi) is 7.12. The van der Waals surface area contributed by atoms with Crippen molar-refractivity contribution >= 4 is 17.7 Å². The molecule has 1 aromatic carbocycles. The first-order valence-electron chi connectivity index (χ1n) is 8.68. The lowest BCUT2D eigenvalue weighted by molar-refractivity contribution is -0.137. The first-order chi connectivity index (χ1) is 12.8. The number of nitrogens with one attached hydrogen (secondary N) is 1. The van der Waals surface area contributed by atoms with Gasteiger partial charge in [-0.2, -0.15) is 0 Å². The van der Waals surface area contributed by atoms with Crippen LogP contribution in [0.4, 0.5) is 4.39 Å². The molecule has 1 saturated heterocycles. The molecule has 0 saturated carbocycles. The summed E-state index contributed by atoms with van der Waals surface area (Å²) in [7, 11) is 0. The summed E-state index contributed by atoms with van der Waals surface area (Å²) in [6.45, 7) is -1.27. The van der Waals surface area contributed by atoms with Crippen molar-refractivity contribution in [3.05, 3.63) is 30.3 Å². The number of aliphatic hydroxyl groups is 1. The Bertz CT molecular complexity index is 672.